The molecule has 0 aliphatic heterocycles. The second kappa shape index (κ2) is 5.41. The van der Waals surface area contributed by atoms with E-state index in [1.54, 1.807) is 7.11 Å². The third-order valence-electron chi connectivity index (χ3n) is 3.29. The molecule has 0 aromatic heterocycles. The normalized spacial score (nSPS) is 24.6. The molecule has 0 heterocycles. The lowest BCUT2D eigenvalue weighted by Crippen LogP contribution is -2.29. The monoisotopic (exact) mass is 235 g/mol. The van der Waals surface area contributed by atoms with Crippen molar-refractivity contribution in [3.63, 3.8) is 0 Å². The van der Waals surface area contributed by atoms with Gasteiger partial charge in [-0.05, 0) is 43.9 Å². The highest BCUT2D eigenvalue weighted by Gasteiger charge is 2.23. The number of anilines is 1. The fourth-order valence-corrected chi connectivity index (χ4v) is 2.46. The third kappa shape index (κ3) is 3.37. The van der Waals surface area contributed by atoms with Crippen LogP contribution in [0.4, 0.5) is 5.69 Å². The van der Waals surface area contributed by atoms with E-state index >= 15 is 0 Å². The Morgan fingerprint density at radius 3 is 2.65 bits per heavy atom. The van der Waals surface area contributed by atoms with E-state index in [1.807, 2.05) is 25.1 Å². The van der Waals surface area contributed by atoms with Crippen molar-refractivity contribution in [2.75, 3.05) is 12.8 Å². The Bertz CT molecular complexity index is 358. The predicted octanol–water partition coefficient (Wildman–Crippen LogP) is 2.91. The van der Waals surface area contributed by atoms with E-state index in [9.17, 15) is 0 Å². The van der Waals surface area contributed by atoms with E-state index in [4.69, 9.17) is 15.2 Å². The van der Waals surface area contributed by atoms with E-state index in [-0.39, 0.29) is 6.10 Å². The molecule has 2 unspecified atom stereocenters. The number of nitrogen functional groups attached to an aromatic ring is 1. The van der Waals surface area contributed by atoms with Gasteiger partial charge in [-0.1, -0.05) is 0 Å². The Morgan fingerprint density at radius 1 is 1.18 bits per heavy atom. The van der Waals surface area contributed by atoms with Crippen LogP contribution in [0.25, 0.3) is 0 Å². The molecular formula is C14H21NO2. The zero-order valence-corrected chi connectivity index (χ0v) is 10.6. The zero-order valence-electron chi connectivity index (χ0n) is 10.6. The summed E-state index contributed by atoms with van der Waals surface area (Å²) in [5.74, 6) is 0.879. The van der Waals surface area contributed by atoms with Gasteiger partial charge in [0, 0.05) is 25.3 Å². The van der Waals surface area contributed by atoms with Crippen molar-refractivity contribution < 1.29 is 9.47 Å². The molecule has 1 aliphatic carbocycles. The number of methoxy groups -OCH3 is 1. The highest BCUT2D eigenvalue weighted by molar-refractivity contribution is 5.47. The summed E-state index contributed by atoms with van der Waals surface area (Å²) in [4.78, 5) is 0. The van der Waals surface area contributed by atoms with Crippen LogP contribution in [0.5, 0.6) is 5.75 Å². The Morgan fingerprint density at radius 2 is 1.94 bits per heavy atom. The quantitative estimate of drug-likeness (QED) is 0.819. The van der Waals surface area contributed by atoms with Gasteiger partial charge >= 0.3 is 0 Å². The van der Waals surface area contributed by atoms with Gasteiger partial charge in [0.2, 0.25) is 0 Å². The van der Waals surface area contributed by atoms with E-state index in [1.165, 1.54) is 6.42 Å². The molecule has 1 fully saturated rings. The Hall–Kier alpha value is -1.22. The van der Waals surface area contributed by atoms with Gasteiger partial charge in [-0.15, -0.1) is 0 Å². The Kier molecular flexibility index (Phi) is 3.89. The highest BCUT2D eigenvalue weighted by Crippen LogP contribution is 2.26. The molecule has 2 atom stereocenters. The lowest BCUT2D eigenvalue weighted by Gasteiger charge is -2.28. The summed E-state index contributed by atoms with van der Waals surface area (Å²) >= 11 is 0. The maximum absolute atomic E-state index is 5.99. The van der Waals surface area contributed by atoms with Crippen molar-refractivity contribution in [3.05, 3.63) is 23.8 Å². The Labute approximate surface area is 103 Å². The van der Waals surface area contributed by atoms with Gasteiger partial charge in [-0.2, -0.15) is 0 Å². The SMILES string of the molecule is COC1CCCC(Oc2cc(C)cc(N)c2)C1. The van der Waals surface area contributed by atoms with Crippen LogP contribution in [-0.2, 0) is 4.74 Å². The predicted molar refractivity (Wildman–Crippen MR) is 69.3 cm³/mol. The minimum atomic E-state index is 0.259. The van der Waals surface area contributed by atoms with Crippen LogP contribution in [0, 0.1) is 6.92 Å². The van der Waals surface area contributed by atoms with E-state index in [0.29, 0.717) is 6.10 Å². The van der Waals surface area contributed by atoms with Gasteiger partial charge in [0.05, 0.1) is 6.10 Å². The van der Waals surface area contributed by atoms with Crippen LogP contribution in [0.15, 0.2) is 18.2 Å². The van der Waals surface area contributed by atoms with Crippen LogP contribution in [0.1, 0.15) is 31.2 Å². The van der Waals surface area contributed by atoms with Crippen molar-refractivity contribution in [2.45, 2.75) is 44.8 Å². The molecule has 2 rings (SSSR count). The standard InChI is InChI=1S/C14H21NO2/c1-10-6-11(15)8-14(7-10)17-13-5-3-4-12(9-13)16-2/h6-8,12-13H,3-5,9,15H2,1-2H3. The van der Waals surface area contributed by atoms with Gasteiger partial charge in [0.25, 0.3) is 0 Å². The van der Waals surface area contributed by atoms with E-state index < -0.39 is 0 Å². The molecule has 1 aromatic rings. The summed E-state index contributed by atoms with van der Waals surface area (Å²) < 4.78 is 11.4. The van der Waals surface area contributed by atoms with Crippen molar-refractivity contribution in [2.24, 2.45) is 0 Å². The lowest BCUT2D eigenvalue weighted by molar-refractivity contribution is 0.0210. The fourth-order valence-electron chi connectivity index (χ4n) is 2.46. The topological polar surface area (TPSA) is 44.5 Å². The van der Waals surface area contributed by atoms with Crippen molar-refractivity contribution in [3.8, 4) is 5.75 Å². The van der Waals surface area contributed by atoms with Crippen molar-refractivity contribution >= 4 is 5.69 Å². The van der Waals surface area contributed by atoms with Gasteiger partial charge in [-0.25, -0.2) is 0 Å². The first kappa shape index (κ1) is 12.2. The summed E-state index contributed by atoms with van der Waals surface area (Å²) in [5, 5.41) is 0. The number of hydrogen-bond donors (Lipinski definition) is 1. The fraction of sp³-hybridized carbons (Fsp3) is 0.571. The number of hydrogen-bond acceptors (Lipinski definition) is 3. The first-order valence-electron chi connectivity index (χ1n) is 6.24. The molecule has 0 amide bonds. The average Bonchev–Trinajstić information content (AvgIpc) is 2.28. The summed E-state index contributed by atoms with van der Waals surface area (Å²) in [6, 6.07) is 5.88. The van der Waals surface area contributed by atoms with Gasteiger partial charge in [0.15, 0.2) is 0 Å². The van der Waals surface area contributed by atoms with E-state index in [0.717, 1.165) is 36.3 Å². The molecule has 0 saturated heterocycles. The molecule has 3 nitrogen and oxygen atoms in total. The van der Waals surface area contributed by atoms with Crippen LogP contribution < -0.4 is 10.5 Å². The van der Waals surface area contributed by atoms with Crippen molar-refractivity contribution in [1.82, 2.24) is 0 Å². The molecule has 0 radical (unpaired) electrons. The Balaban J connectivity index is 2.00. The van der Waals surface area contributed by atoms with Crippen LogP contribution in [-0.4, -0.2) is 19.3 Å². The second-order valence-corrected chi connectivity index (χ2v) is 4.84. The largest absolute Gasteiger partial charge is 0.490 e. The molecule has 0 bridgehead atoms. The minimum Gasteiger partial charge on any atom is -0.490 e. The third-order valence-corrected chi connectivity index (χ3v) is 3.29. The molecule has 3 heteroatoms. The minimum absolute atomic E-state index is 0.259. The smallest absolute Gasteiger partial charge is 0.122 e. The number of ether oxygens (including phenoxy) is 2. The summed E-state index contributed by atoms with van der Waals surface area (Å²) in [5.41, 5.74) is 7.71. The molecule has 2 N–H and O–H groups in total. The highest BCUT2D eigenvalue weighted by atomic mass is 16.5. The zero-order chi connectivity index (χ0) is 12.3. The first-order valence-corrected chi connectivity index (χ1v) is 6.24. The van der Waals surface area contributed by atoms with Crippen LogP contribution in [0.2, 0.25) is 0 Å². The number of aryl methyl sites for hydroxylation is 1. The number of nitrogens with two attached hydrogens (primary N) is 1. The van der Waals surface area contributed by atoms with Gasteiger partial charge in [0.1, 0.15) is 11.9 Å². The van der Waals surface area contributed by atoms with Crippen LogP contribution in [0.3, 0.4) is 0 Å². The maximum Gasteiger partial charge on any atom is 0.122 e. The first-order chi connectivity index (χ1) is 8.17. The molecule has 0 spiro atoms. The van der Waals surface area contributed by atoms with Gasteiger partial charge < -0.3 is 15.2 Å². The summed E-state index contributed by atoms with van der Waals surface area (Å²) in [6.07, 6.45) is 5.00. The molecule has 1 saturated carbocycles. The number of benzene rings is 1. The van der Waals surface area contributed by atoms with E-state index in [2.05, 4.69) is 0 Å². The molecule has 1 aromatic carbocycles. The maximum atomic E-state index is 5.99. The van der Waals surface area contributed by atoms with Gasteiger partial charge in [-0.3, -0.25) is 0 Å². The second-order valence-electron chi connectivity index (χ2n) is 4.84. The van der Waals surface area contributed by atoms with Crippen molar-refractivity contribution in [1.29, 1.82) is 0 Å². The average molecular weight is 235 g/mol. The lowest BCUT2D eigenvalue weighted by atomic mass is 9.95. The van der Waals surface area contributed by atoms with Crippen LogP contribution >= 0.6 is 0 Å². The molecule has 1 aliphatic rings. The molecule has 17 heavy (non-hydrogen) atoms. The summed E-state index contributed by atoms with van der Waals surface area (Å²) in [7, 11) is 1.78. The number of rotatable bonds is 3. The molecule has 94 valence electrons. The molecular weight excluding hydrogens is 214 g/mol. The summed E-state index contributed by atoms with van der Waals surface area (Å²) in [6.45, 7) is 2.03.